The maximum Gasteiger partial charge on any atom is 0.218 e. The van der Waals surface area contributed by atoms with E-state index < -0.39 is 15.4 Å². The molecular weight excluding hydrogens is 232 g/mol. The van der Waals surface area contributed by atoms with Crippen LogP contribution in [0.2, 0.25) is 31.7 Å². The molecule has 0 aromatic carbocycles. The molecule has 16 heavy (non-hydrogen) atoms. The molecule has 1 heterocycles. The van der Waals surface area contributed by atoms with Crippen LogP contribution in [0.15, 0.2) is 0 Å². The Labute approximate surface area is 101 Å². The second kappa shape index (κ2) is 3.93. The molecule has 93 valence electrons. The summed E-state index contributed by atoms with van der Waals surface area (Å²) in [5, 5.41) is 0. The zero-order chi connectivity index (χ0) is 12.1. The molecule has 0 N–H and O–H groups in total. The van der Waals surface area contributed by atoms with Crippen molar-refractivity contribution in [3.63, 3.8) is 0 Å². The first kappa shape index (κ1) is 12.8. The highest BCUT2D eigenvalue weighted by atomic mass is 29.3. The highest BCUT2D eigenvalue weighted by Gasteiger charge is 2.52. The highest BCUT2D eigenvalue weighted by molar-refractivity contribution is 7.38. The Morgan fingerprint density at radius 2 is 1.75 bits per heavy atom. The first-order chi connectivity index (χ1) is 7.23. The summed E-state index contributed by atoms with van der Waals surface area (Å²) >= 11 is 0. The summed E-state index contributed by atoms with van der Waals surface area (Å²) in [6, 6.07) is 0. The Bertz CT molecular complexity index is 273. The minimum absolute atomic E-state index is 0.558. The molecule has 0 aromatic rings. The molecule has 1 aliphatic heterocycles. The summed E-state index contributed by atoms with van der Waals surface area (Å²) in [7, 11) is -3.77. The Hall–Kier alpha value is 0.354. The number of ether oxygens (including phenoxy) is 1. The van der Waals surface area contributed by atoms with Gasteiger partial charge < -0.3 is 9.53 Å². The average Bonchev–Trinajstić information content (AvgIpc) is 2.92. The summed E-state index contributed by atoms with van der Waals surface area (Å²) < 4.78 is 5.61. The van der Waals surface area contributed by atoms with Crippen molar-refractivity contribution in [3.05, 3.63) is 0 Å². The fraction of sp³-hybridized carbons (Fsp3) is 1.00. The summed E-state index contributed by atoms with van der Waals surface area (Å²) in [5.74, 6) is 0.770. The van der Waals surface area contributed by atoms with Gasteiger partial charge in [-0.25, -0.2) is 0 Å². The largest absolute Gasteiger partial charge is 0.370 e. The average molecular weight is 258 g/mol. The van der Waals surface area contributed by atoms with E-state index in [0.717, 1.165) is 5.92 Å². The van der Waals surface area contributed by atoms with Gasteiger partial charge in [-0.2, -0.15) is 0 Å². The monoisotopic (exact) mass is 257 g/mol. The minimum atomic E-state index is -2.19. The summed E-state index contributed by atoms with van der Waals surface area (Å²) in [4.78, 5) is 12.5. The van der Waals surface area contributed by atoms with Gasteiger partial charge in [-0.15, -0.1) is 0 Å². The predicted octanol–water partition coefficient (Wildman–Crippen LogP) is 3.37. The van der Waals surface area contributed by atoms with Crippen LogP contribution in [-0.2, 0) is 9.53 Å². The molecule has 1 radical (unpaired) electrons. The van der Waals surface area contributed by atoms with Crippen LogP contribution in [0, 0.1) is 5.92 Å². The van der Waals surface area contributed by atoms with Crippen molar-refractivity contribution in [1.82, 2.24) is 0 Å². The maximum absolute atomic E-state index is 12.5. The van der Waals surface area contributed by atoms with Crippen LogP contribution in [0.25, 0.3) is 0 Å². The third kappa shape index (κ3) is 2.17. The minimum Gasteiger partial charge on any atom is -0.370 e. The first-order valence-corrected chi connectivity index (χ1v) is 13.6. The molecule has 2 fully saturated rings. The molecule has 0 bridgehead atoms. The van der Waals surface area contributed by atoms with Gasteiger partial charge in [-0.1, -0.05) is 20.0 Å². The quantitative estimate of drug-likeness (QED) is 0.563. The molecule has 1 aliphatic carbocycles. The molecule has 2 nitrogen and oxygen atoms in total. The van der Waals surface area contributed by atoms with E-state index in [0.29, 0.717) is 17.7 Å². The van der Waals surface area contributed by atoms with Gasteiger partial charge in [-0.3, -0.25) is 0 Å². The number of epoxide rings is 1. The van der Waals surface area contributed by atoms with E-state index in [-0.39, 0.29) is 0 Å². The molecule has 4 unspecified atom stereocenters. The zero-order valence-corrected chi connectivity index (χ0v) is 13.2. The second-order valence-corrected chi connectivity index (χ2v) is 21.7. The van der Waals surface area contributed by atoms with Gasteiger partial charge in [0.15, 0.2) is 0 Å². The lowest BCUT2D eigenvalue weighted by Gasteiger charge is -2.41. The zero-order valence-electron chi connectivity index (χ0n) is 11.2. The molecule has 4 atom stereocenters. The third-order valence-corrected chi connectivity index (χ3v) is 22.0. The third-order valence-electron chi connectivity index (χ3n) is 5.44. The van der Waals surface area contributed by atoms with Crippen molar-refractivity contribution in [1.29, 1.82) is 0 Å². The summed E-state index contributed by atoms with van der Waals surface area (Å²) in [5.41, 5.74) is 0.678. The summed E-state index contributed by atoms with van der Waals surface area (Å²) in [6.07, 6.45) is 4.91. The Kier molecular flexibility index (Phi) is 3.15. The molecule has 2 aliphatic rings. The molecular formula is C12H25O2Si2. The Balaban J connectivity index is 2.03. The SMILES string of the molecule is CC(C1CCC2OC2C1)[Si](C)(C)[Si](C)(C)[O]. The van der Waals surface area contributed by atoms with E-state index in [4.69, 9.17) is 4.74 Å². The van der Waals surface area contributed by atoms with Crippen molar-refractivity contribution in [2.24, 2.45) is 5.92 Å². The lowest BCUT2D eigenvalue weighted by Crippen LogP contribution is -2.58. The lowest BCUT2D eigenvalue weighted by molar-refractivity contribution is 0.354. The van der Waals surface area contributed by atoms with Crippen LogP contribution in [-0.4, -0.2) is 27.6 Å². The van der Waals surface area contributed by atoms with Gasteiger partial charge in [0, 0.05) is 0 Å². The van der Waals surface area contributed by atoms with E-state index in [1.54, 1.807) is 0 Å². The van der Waals surface area contributed by atoms with Crippen molar-refractivity contribution in [2.45, 2.75) is 70.1 Å². The predicted molar refractivity (Wildman–Crippen MR) is 71.1 cm³/mol. The Morgan fingerprint density at radius 3 is 2.25 bits per heavy atom. The van der Waals surface area contributed by atoms with Crippen LogP contribution in [0.4, 0.5) is 0 Å². The van der Waals surface area contributed by atoms with Gasteiger partial charge in [0.25, 0.3) is 0 Å². The first-order valence-electron chi connectivity index (χ1n) is 6.59. The van der Waals surface area contributed by atoms with Crippen LogP contribution in [0.1, 0.15) is 26.2 Å². The van der Waals surface area contributed by atoms with Crippen LogP contribution in [0.3, 0.4) is 0 Å². The Morgan fingerprint density at radius 1 is 1.12 bits per heavy atom. The normalized spacial score (nSPS) is 36.8. The fourth-order valence-corrected chi connectivity index (χ4v) is 9.60. The number of fused-ring (bicyclic) bond motifs is 1. The topological polar surface area (TPSA) is 32.4 Å². The summed E-state index contributed by atoms with van der Waals surface area (Å²) in [6.45, 7) is 11.1. The van der Waals surface area contributed by atoms with Gasteiger partial charge in [0.05, 0.1) is 19.8 Å². The second-order valence-electron chi connectivity index (χ2n) is 6.81. The van der Waals surface area contributed by atoms with E-state index in [2.05, 4.69) is 20.0 Å². The molecule has 0 spiro atoms. The fourth-order valence-electron chi connectivity index (χ4n) is 3.03. The van der Waals surface area contributed by atoms with Crippen LogP contribution >= 0.6 is 0 Å². The van der Waals surface area contributed by atoms with Crippen molar-refractivity contribution in [2.75, 3.05) is 0 Å². The van der Waals surface area contributed by atoms with E-state index >= 15 is 0 Å². The standard InChI is InChI=1S/C12H25O2Si2/c1-9(15(2,3)16(4,5)13)10-6-7-11-12(8-10)14-11/h9-12H,6-8H2,1-5H3. The van der Waals surface area contributed by atoms with E-state index in [9.17, 15) is 4.80 Å². The van der Waals surface area contributed by atoms with E-state index in [1.165, 1.54) is 19.3 Å². The molecule has 1 saturated heterocycles. The molecule has 0 aromatic heterocycles. The van der Waals surface area contributed by atoms with Gasteiger partial charge in [0.1, 0.15) is 0 Å². The van der Waals surface area contributed by atoms with Crippen LogP contribution in [0.5, 0.6) is 0 Å². The lowest BCUT2D eigenvalue weighted by atomic mass is 9.87. The molecule has 4 heteroatoms. The van der Waals surface area contributed by atoms with Gasteiger partial charge in [-0.05, 0) is 43.8 Å². The van der Waals surface area contributed by atoms with E-state index in [1.807, 2.05) is 13.1 Å². The number of hydrogen-bond donors (Lipinski definition) is 0. The van der Waals surface area contributed by atoms with Crippen molar-refractivity contribution in [3.8, 4) is 0 Å². The van der Waals surface area contributed by atoms with Crippen molar-refractivity contribution < 1.29 is 9.53 Å². The highest BCUT2D eigenvalue weighted by Crippen LogP contribution is 2.47. The van der Waals surface area contributed by atoms with Gasteiger partial charge >= 0.3 is 0 Å². The number of hydrogen-bond acceptors (Lipinski definition) is 1. The van der Waals surface area contributed by atoms with Crippen molar-refractivity contribution >= 4 is 15.4 Å². The molecule has 0 amide bonds. The van der Waals surface area contributed by atoms with Crippen LogP contribution < -0.4 is 0 Å². The molecule has 2 rings (SSSR count). The molecule has 1 saturated carbocycles. The van der Waals surface area contributed by atoms with Gasteiger partial charge in [0.2, 0.25) is 7.83 Å². The number of rotatable bonds is 3. The maximum atomic E-state index is 12.5. The smallest absolute Gasteiger partial charge is 0.218 e.